The average Bonchev–Trinajstić information content (AvgIpc) is 2.66. The second-order valence-corrected chi connectivity index (χ2v) is 11.0. The topological polar surface area (TPSA) is 40.1 Å². The molecule has 0 aromatic heterocycles. The van der Waals surface area contributed by atoms with Crippen LogP contribution in [0.2, 0.25) is 0 Å². The van der Waals surface area contributed by atoms with Crippen LogP contribution >= 0.6 is 8.03 Å². The Morgan fingerprint density at radius 2 is 1.14 bits per heavy atom. The Labute approximate surface area is 183 Å². The van der Waals surface area contributed by atoms with Crippen molar-refractivity contribution >= 4 is 8.03 Å². The van der Waals surface area contributed by atoms with Crippen LogP contribution < -0.4 is 4.89 Å². The minimum Gasteiger partial charge on any atom is -0.590 e. The Hall–Kier alpha value is -0.240. The molecule has 0 rings (SSSR count). The summed E-state index contributed by atoms with van der Waals surface area (Å²) in [7, 11) is 3.63. The maximum absolute atomic E-state index is 11.9. The quantitative estimate of drug-likeness (QED) is 0.0861. The lowest BCUT2D eigenvalue weighted by molar-refractivity contribution is -0.910. The van der Waals surface area contributed by atoms with Crippen molar-refractivity contribution in [3.63, 3.8) is 0 Å². The molecule has 0 fully saturated rings. The van der Waals surface area contributed by atoms with Crippen molar-refractivity contribution in [1.82, 2.24) is 0 Å². The summed E-state index contributed by atoms with van der Waals surface area (Å²) in [6.07, 6.45) is 25.7. The third kappa shape index (κ3) is 12.9. The van der Waals surface area contributed by atoms with E-state index in [1.807, 2.05) is 28.1 Å². The summed E-state index contributed by atoms with van der Waals surface area (Å²) in [6.45, 7) is 4.21. The van der Waals surface area contributed by atoms with Crippen LogP contribution in [0.4, 0.5) is 0 Å². The number of allylic oxidation sites excluding steroid dienone is 2. The number of hydrogen-bond acceptors (Lipinski definition) is 2. The van der Waals surface area contributed by atoms with E-state index in [9.17, 15) is 9.46 Å². The van der Waals surface area contributed by atoms with E-state index >= 15 is 0 Å². The van der Waals surface area contributed by atoms with Crippen molar-refractivity contribution in [2.45, 2.75) is 128 Å². The first-order valence-corrected chi connectivity index (χ1v) is 13.6. The average molecular weight is 429 g/mol. The predicted molar refractivity (Wildman–Crippen MR) is 127 cm³/mol. The zero-order chi connectivity index (χ0) is 22.0. The lowest BCUT2D eigenvalue weighted by Gasteiger charge is -2.39. The lowest BCUT2D eigenvalue weighted by atomic mass is 10.0. The Morgan fingerprint density at radius 3 is 1.48 bits per heavy atom. The fourth-order valence-electron chi connectivity index (χ4n) is 4.35. The highest BCUT2D eigenvalue weighted by atomic mass is 31.1. The predicted octanol–water partition coefficient (Wildman–Crippen LogP) is 7.72. The van der Waals surface area contributed by atoms with Gasteiger partial charge in [-0.3, -0.25) is 4.48 Å². The van der Waals surface area contributed by atoms with Gasteiger partial charge < -0.3 is 4.89 Å². The first-order valence-electron chi connectivity index (χ1n) is 12.4. The van der Waals surface area contributed by atoms with Gasteiger partial charge in [0.1, 0.15) is 0 Å². The van der Waals surface area contributed by atoms with Gasteiger partial charge in [-0.1, -0.05) is 101 Å². The van der Waals surface area contributed by atoms with E-state index in [0.29, 0.717) is 10.9 Å². The van der Waals surface area contributed by atoms with Gasteiger partial charge in [0.05, 0.1) is 21.1 Å². The number of hydrogen-bond donors (Lipinski definition) is 0. The number of unbranched alkanes of at least 4 members (excludes halogenated alkanes) is 13. The summed E-state index contributed by atoms with van der Waals surface area (Å²) in [4.78, 5) is 11.9. The van der Waals surface area contributed by atoms with Gasteiger partial charge in [-0.05, 0) is 25.7 Å². The molecular formula is C25H51NO2P+. The molecule has 0 heterocycles. The first-order chi connectivity index (χ1) is 13.8. The van der Waals surface area contributed by atoms with Crippen LogP contribution in [0.5, 0.6) is 0 Å². The summed E-state index contributed by atoms with van der Waals surface area (Å²) >= 11 is 0. The highest BCUT2D eigenvalue weighted by Crippen LogP contribution is 2.44. The third-order valence-corrected chi connectivity index (χ3v) is 8.32. The lowest BCUT2D eigenvalue weighted by Crippen LogP contribution is -2.55. The highest BCUT2D eigenvalue weighted by molar-refractivity contribution is 7.38. The zero-order valence-corrected chi connectivity index (χ0v) is 21.3. The number of quaternary nitrogens is 1. The largest absolute Gasteiger partial charge is 0.590 e. The number of nitrogens with zero attached hydrogens (tertiary/aromatic N) is 1. The highest BCUT2D eigenvalue weighted by Gasteiger charge is 2.52. The van der Waals surface area contributed by atoms with Crippen molar-refractivity contribution < 1.29 is 13.9 Å². The molecule has 172 valence electrons. The molecule has 2 unspecified atom stereocenters. The smallest absolute Gasteiger partial charge is 0.376 e. The van der Waals surface area contributed by atoms with Gasteiger partial charge in [0.25, 0.3) is 5.28 Å². The molecule has 0 aromatic carbocycles. The fourth-order valence-corrected chi connectivity index (χ4v) is 5.44. The molecule has 4 heteroatoms. The molecule has 2 atom stereocenters. The molecule has 0 saturated heterocycles. The Morgan fingerprint density at radius 1 is 0.724 bits per heavy atom. The van der Waals surface area contributed by atoms with E-state index in [1.54, 1.807) is 0 Å². The Balaban J connectivity index is 3.56. The standard InChI is InChI=1S/C25H51NO2P/c1-6-8-9-10-11-12-13-14-15-16-17-18-19-20-21-22-23-24-25(7-2,29(27)28)26(3,4)5/h8-9H,6-7,10-24H2,1-5H3/q+1/b9-8-. The van der Waals surface area contributed by atoms with E-state index in [-0.39, 0.29) is 0 Å². The molecule has 0 N–H and O–H groups in total. The fraction of sp³-hybridized carbons (Fsp3) is 0.920. The Bertz CT molecular complexity index is 431. The van der Waals surface area contributed by atoms with Crippen molar-refractivity contribution in [1.29, 1.82) is 0 Å². The molecular weight excluding hydrogens is 377 g/mol. The van der Waals surface area contributed by atoms with E-state index in [1.165, 1.54) is 89.9 Å². The van der Waals surface area contributed by atoms with Gasteiger partial charge >= 0.3 is 8.03 Å². The maximum Gasteiger partial charge on any atom is 0.376 e. The molecule has 0 aliphatic rings. The normalized spacial score (nSPS) is 15.0. The van der Waals surface area contributed by atoms with Gasteiger partial charge in [-0.25, -0.2) is 0 Å². The van der Waals surface area contributed by atoms with Gasteiger partial charge in [0.2, 0.25) is 0 Å². The summed E-state index contributed by atoms with van der Waals surface area (Å²) < 4.78 is 12.4. The van der Waals surface area contributed by atoms with E-state index in [2.05, 4.69) is 19.1 Å². The van der Waals surface area contributed by atoms with Crippen LogP contribution in [-0.4, -0.2) is 30.9 Å². The summed E-state index contributed by atoms with van der Waals surface area (Å²) in [5.41, 5.74) is 0. The van der Waals surface area contributed by atoms with Gasteiger partial charge in [-0.2, -0.15) is 0 Å². The second kappa shape index (κ2) is 17.4. The maximum atomic E-state index is 11.9. The van der Waals surface area contributed by atoms with Crippen LogP contribution in [0.15, 0.2) is 12.2 Å². The Kier molecular flexibility index (Phi) is 17.3. The van der Waals surface area contributed by atoms with Gasteiger partial charge in [0, 0.05) is 12.8 Å². The molecule has 0 saturated carbocycles. The molecule has 3 nitrogen and oxygen atoms in total. The second-order valence-electron chi connectivity index (χ2n) is 9.62. The third-order valence-electron chi connectivity index (χ3n) is 6.51. The first kappa shape index (κ1) is 28.8. The molecule has 0 aromatic rings. The molecule has 0 aliphatic carbocycles. The minimum atomic E-state index is -2.41. The molecule has 0 aliphatic heterocycles. The van der Waals surface area contributed by atoms with Crippen LogP contribution in [0, 0.1) is 0 Å². The van der Waals surface area contributed by atoms with Crippen LogP contribution in [0.1, 0.15) is 123 Å². The number of rotatable bonds is 20. The SMILES string of the molecule is CC/C=C\CCCCCCCCCCCCCCCC(CC)([P+](=O)[O-])[N+](C)(C)C. The van der Waals surface area contributed by atoms with E-state index in [0.717, 1.165) is 12.8 Å². The van der Waals surface area contributed by atoms with Crippen molar-refractivity contribution in [3.8, 4) is 0 Å². The van der Waals surface area contributed by atoms with Crippen LogP contribution in [0.3, 0.4) is 0 Å². The van der Waals surface area contributed by atoms with E-state index in [4.69, 9.17) is 0 Å². The van der Waals surface area contributed by atoms with Gasteiger partial charge in [0.15, 0.2) is 0 Å². The van der Waals surface area contributed by atoms with Crippen LogP contribution in [-0.2, 0) is 4.57 Å². The van der Waals surface area contributed by atoms with Gasteiger partial charge in [-0.15, -0.1) is 0 Å². The van der Waals surface area contributed by atoms with Crippen molar-refractivity contribution in [3.05, 3.63) is 12.2 Å². The molecule has 0 amide bonds. The summed E-state index contributed by atoms with van der Waals surface area (Å²) in [5, 5.41) is -0.596. The monoisotopic (exact) mass is 428 g/mol. The van der Waals surface area contributed by atoms with Crippen molar-refractivity contribution in [2.75, 3.05) is 21.1 Å². The van der Waals surface area contributed by atoms with Crippen LogP contribution in [0.25, 0.3) is 0 Å². The molecule has 29 heavy (non-hydrogen) atoms. The van der Waals surface area contributed by atoms with Crippen molar-refractivity contribution in [2.24, 2.45) is 0 Å². The molecule has 0 radical (unpaired) electrons. The molecule has 0 bridgehead atoms. The summed E-state index contributed by atoms with van der Waals surface area (Å²) in [6, 6.07) is 0. The summed E-state index contributed by atoms with van der Waals surface area (Å²) in [5.74, 6) is 0. The molecule has 0 spiro atoms. The minimum absolute atomic E-state index is 0.512. The zero-order valence-electron chi connectivity index (χ0n) is 20.4. The van der Waals surface area contributed by atoms with E-state index < -0.39 is 13.3 Å².